The van der Waals surface area contributed by atoms with Gasteiger partial charge < -0.3 is 16.4 Å². The average molecular weight is 301 g/mol. The zero-order valence-corrected chi connectivity index (χ0v) is 11.5. The first-order valence-corrected chi connectivity index (χ1v) is 6.88. The van der Waals surface area contributed by atoms with Crippen LogP contribution in [0.15, 0.2) is 18.2 Å². The molecule has 0 heterocycles. The molecule has 7 heteroatoms. The molecule has 0 atom stereocenters. The van der Waals surface area contributed by atoms with Gasteiger partial charge in [-0.3, -0.25) is 0 Å². The highest BCUT2D eigenvalue weighted by molar-refractivity contribution is 5.90. The molecule has 1 aliphatic carbocycles. The molecule has 0 aliphatic heterocycles. The molecular weight excluding hydrogens is 283 g/mol. The lowest BCUT2D eigenvalue weighted by molar-refractivity contribution is -0.137. The van der Waals surface area contributed by atoms with Crippen LogP contribution < -0.4 is 16.4 Å². The van der Waals surface area contributed by atoms with E-state index in [1.807, 2.05) is 0 Å². The third-order valence-electron chi connectivity index (χ3n) is 3.56. The van der Waals surface area contributed by atoms with Crippen molar-refractivity contribution < 1.29 is 18.0 Å². The molecule has 4 nitrogen and oxygen atoms in total. The number of rotatable bonds is 3. The second-order valence-electron chi connectivity index (χ2n) is 5.16. The van der Waals surface area contributed by atoms with E-state index in [2.05, 4.69) is 10.6 Å². The Kier molecular flexibility index (Phi) is 4.72. The summed E-state index contributed by atoms with van der Waals surface area (Å²) in [5, 5.41) is 4.98. The molecule has 0 aromatic heterocycles. The van der Waals surface area contributed by atoms with Crippen LogP contribution >= 0.6 is 0 Å². The van der Waals surface area contributed by atoms with Gasteiger partial charge in [0.1, 0.15) is 0 Å². The van der Waals surface area contributed by atoms with Crippen LogP contribution in [0, 0.1) is 0 Å². The minimum absolute atomic E-state index is 0.0115. The number of nitrogens with one attached hydrogen (secondary N) is 2. The molecule has 2 amide bonds. The monoisotopic (exact) mass is 301 g/mol. The van der Waals surface area contributed by atoms with Gasteiger partial charge in [-0.2, -0.15) is 13.2 Å². The summed E-state index contributed by atoms with van der Waals surface area (Å²) >= 11 is 0. The topological polar surface area (TPSA) is 67.1 Å². The number of benzene rings is 1. The van der Waals surface area contributed by atoms with Crippen LogP contribution in [-0.2, 0) is 12.7 Å². The van der Waals surface area contributed by atoms with Crippen molar-refractivity contribution in [3.8, 4) is 0 Å². The summed E-state index contributed by atoms with van der Waals surface area (Å²) in [4.78, 5) is 11.8. The van der Waals surface area contributed by atoms with Crippen LogP contribution in [0.5, 0.6) is 0 Å². The van der Waals surface area contributed by atoms with E-state index in [0.29, 0.717) is 5.56 Å². The first-order valence-electron chi connectivity index (χ1n) is 6.88. The first-order chi connectivity index (χ1) is 9.90. The van der Waals surface area contributed by atoms with Gasteiger partial charge in [-0.25, -0.2) is 4.79 Å². The van der Waals surface area contributed by atoms with Crippen molar-refractivity contribution in [2.75, 3.05) is 5.32 Å². The van der Waals surface area contributed by atoms with Gasteiger partial charge >= 0.3 is 12.2 Å². The van der Waals surface area contributed by atoms with E-state index in [1.54, 1.807) is 0 Å². The molecular formula is C14H18F3N3O. The molecule has 0 radical (unpaired) electrons. The molecule has 2 rings (SSSR count). The van der Waals surface area contributed by atoms with Crippen LogP contribution in [0.3, 0.4) is 0 Å². The highest BCUT2D eigenvalue weighted by Gasteiger charge is 2.34. The van der Waals surface area contributed by atoms with Gasteiger partial charge in [0.05, 0.1) is 11.3 Å². The maximum atomic E-state index is 13.0. The standard InChI is InChI=1S/C14H18F3N3O/c15-14(16,17)11-7-9(8-18)5-6-12(11)20-13(21)19-10-3-1-2-4-10/h5-7,10H,1-4,8,18H2,(H2,19,20,21). The zero-order chi connectivity index (χ0) is 15.5. The quantitative estimate of drug-likeness (QED) is 0.802. The molecule has 1 aliphatic rings. The third kappa shape index (κ3) is 4.10. The summed E-state index contributed by atoms with van der Waals surface area (Å²) in [5.41, 5.74) is 4.58. The molecule has 1 aromatic carbocycles. The Morgan fingerprint density at radius 1 is 1.29 bits per heavy atom. The van der Waals surface area contributed by atoms with Gasteiger partial charge in [0.2, 0.25) is 0 Å². The van der Waals surface area contributed by atoms with Gasteiger partial charge in [-0.1, -0.05) is 18.9 Å². The van der Waals surface area contributed by atoms with E-state index in [9.17, 15) is 18.0 Å². The fraction of sp³-hybridized carbons (Fsp3) is 0.500. The Morgan fingerprint density at radius 2 is 1.95 bits per heavy atom. The number of nitrogens with two attached hydrogens (primary N) is 1. The van der Waals surface area contributed by atoms with Gasteiger partial charge in [0.15, 0.2) is 0 Å². The van der Waals surface area contributed by atoms with Crippen LogP contribution in [0.2, 0.25) is 0 Å². The van der Waals surface area contributed by atoms with Crippen LogP contribution in [0.1, 0.15) is 36.8 Å². The zero-order valence-electron chi connectivity index (χ0n) is 11.5. The second kappa shape index (κ2) is 6.34. The van der Waals surface area contributed by atoms with Crippen LogP contribution in [0.4, 0.5) is 23.7 Å². The number of alkyl halides is 3. The lowest BCUT2D eigenvalue weighted by Gasteiger charge is -2.17. The summed E-state index contributed by atoms with van der Waals surface area (Å²) in [6.45, 7) is 0.0115. The van der Waals surface area contributed by atoms with Crippen LogP contribution in [-0.4, -0.2) is 12.1 Å². The number of anilines is 1. The number of urea groups is 1. The molecule has 1 aromatic rings. The maximum Gasteiger partial charge on any atom is 0.418 e. The SMILES string of the molecule is NCc1ccc(NC(=O)NC2CCCC2)c(C(F)(F)F)c1. The number of hydrogen-bond acceptors (Lipinski definition) is 2. The molecule has 21 heavy (non-hydrogen) atoms. The van der Waals surface area contributed by atoms with Gasteiger partial charge in [-0.05, 0) is 30.5 Å². The molecule has 4 N–H and O–H groups in total. The van der Waals surface area contributed by atoms with Crippen molar-refractivity contribution in [2.45, 2.75) is 44.4 Å². The maximum absolute atomic E-state index is 13.0. The van der Waals surface area contributed by atoms with E-state index in [0.717, 1.165) is 31.7 Å². The summed E-state index contributed by atoms with van der Waals surface area (Å²) < 4.78 is 39.0. The minimum atomic E-state index is -4.54. The van der Waals surface area contributed by atoms with Crippen molar-refractivity contribution in [1.82, 2.24) is 5.32 Å². The Morgan fingerprint density at radius 3 is 2.52 bits per heavy atom. The molecule has 0 bridgehead atoms. The molecule has 0 spiro atoms. The second-order valence-corrected chi connectivity index (χ2v) is 5.16. The fourth-order valence-corrected chi connectivity index (χ4v) is 2.48. The molecule has 0 saturated heterocycles. The van der Waals surface area contributed by atoms with Gasteiger partial charge in [0.25, 0.3) is 0 Å². The molecule has 1 saturated carbocycles. The number of halogens is 3. The Balaban J connectivity index is 2.12. The average Bonchev–Trinajstić information content (AvgIpc) is 2.90. The van der Waals surface area contributed by atoms with E-state index < -0.39 is 17.8 Å². The largest absolute Gasteiger partial charge is 0.418 e. The lowest BCUT2D eigenvalue weighted by atomic mass is 10.1. The highest BCUT2D eigenvalue weighted by atomic mass is 19.4. The molecule has 116 valence electrons. The van der Waals surface area contributed by atoms with E-state index in [1.165, 1.54) is 12.1 Å². The van der Waals surface area contributed by atoms with E-state index >= 15 is 0 Å². The predicted octanol–water partition coefficient (Wildman–Crippen LogP) is 3.23. The Labute approximate surface area is 120 Å². The van der Waals surface area contributed by atoms with Gasteiger partial charge in [0, 0.05) is 12.6 Å². The van der Waals surface area contributed by atoms with Gasteiger partial charge in [-0.15, -0.1) is 0 Å². The van der Waals surface area contributed by atoms with Crippen LogP contribution in [0.25, 0.3) is 0 Å². The lowest BCUT2D eigenvalue weighted by Crippen LogP contribution is -2.36. The van der Waals surface area contributed by atoms with Crippen molar-refractivity contribution in [3.63, 3.8) is 0 Å². The predicted molar refractivity (Wildman–Crippen MR) is 73.7 cm³/mol. The number of carbonyl (C=O) groups excluding carboxylic acids is 1. The number of carbonyl (C=O) groups is 1. The minimum Gasteiger partial charge on any atom is -0.335 e. The van der Waals surface area contributed by atoms with Crippen molar-refractivity contribution in [3.05, 3.63) is 29.3 Å². The normalized spacial score (nSPS) is 16.0. The van der Waals surface area contributed by atoms with E-state index in [-0.39, 0.29) is 18.3 Å². The molecule has 1 fully saturated rings. The summed E-state index contributed by atoms with van der Waals surface area (Å²) in [7, 11) is 0. The summed E-state index contributed by atoms with van der Waals surface area (Å²) in [5.74, 6) is 0. The smallest absolute Gasteiger partial charge is 0.335 e. The number of amides is 2. The number of hydrogen-bond donors (Lipinski definition) is 3. The Bertz CT molecular complexity index is 511. The van der Waals surface area contributed by atoms with Crippen molar-refractivity contribution >= 4 is 11.7 Å². The Hall–Kier alpha value is -1.76. The van der Waals surface area contributed by atoms with Crippen molar-refractivity contribution in [1.29, 1.82) is 0 Å². The van der Waals surface area contributed by atoms with E-state index in [4.69, 9.17) is 5.73 Å². The summed E-state index contributed by atoms with van der Waals surface area (Å²) in [6, 6.07) is 3.11. The summed E-state index contributed by atoms with van der Waals surface area (Å²) in [6.07, 6.45) is -0.744. The van der Waals surface area contributed by atoms with Crippen molar-refractivity contribution in [2.24, 2.45) is 5.73 Å². The molecule has 0 unspecified atom stereocenters. The third-order valence-corrected chi connectivity index (χ3v) is 3.56. The highest BCUT2D eigenvalue weighted by Crippen LogP contribution is 2.35. The fourth-order valence-electron chi connectivity index (χ4n) is 2.48. The first kappa shape index (κ1) is 15.6.